The van der Waals surface area contributed by atoms with Crippen LogP contribution in [0.1, 0.15) is 22.5 Å². The molecule has 1 heterocycles. The molecule has 0 aliphatic carbocycles. The van der Waals surface area contributed by atoms with Crippen molar-refractivity contribution in [2.75, 3.05) is 6.54 Å². The molecule has 0 spiro atoms. The summed E-state index contributed by atoms with van der Waals surface area (Å²) < 4.78 is 2.07. The Hall–Kier alpha value is -1.61. The lowest BCUT2D eigenvalue weighted by atomic mass is 10.1. The third-order valence-electron chi connectivity index (χ3n) is 3.26. The summed E-state index contributed by atoms with van der Waals surface area (Å²) in [6.45, 7) is 6.18. The van der Waals surface area contributed by atoms with Gasteiger partial charge in [-0.15, -0.1) is 0 Å². The number of benzene rings is 1. The highest BCUT2D eigenvalue weighted by Crippen LogP contribution is 2.09. The molecule has 0 aliphatic rings. The molecule has 0 saturated carbocycles. The molecule has 18 heavy (non-hydrogen) atoms. The van der Waals surface area contributed by atoms with Gasteiger partial charge in [-0.1, -0.05) is 23.8 Å². The molecule has 1 N–H and O–H groups in total. The van der Waals surface area contributed by atoms with Crippen molar-refractivity contribution < 1.29 is 0 Å². The molecule has 0 saturated heterocycles. The van der Waals surface area contributed by atoms with Gasteiger partial charge in [0.1, 0.15) is 5.82 Å². The second-order valence-corrected chi connectivity index (χ2v) is 4.81. The van der Waals surface area contributed by atoms with E-state index in [1.54, 1.807) is 0 Å². The minimum atomic E-state index is 0.927. The molecule has 3 heteroatoms. The lowest BCUT2D eigenvalue weighted by Gasteiger charge is -2.08. The molecule has 1 aromatic carbocycles. The first-order valence-electron chi connectivity index (χ1n) is 6.40. The number of rotatable bonds is 5. The smallest absolute Gasteiger partial charge is 0.109 e. The van der Waals surface area contributed by atoms with Crippen LogP contribution in [0.2, 0.25) is 0 Å². The van der Waals surface area contributed by atoms with Gasteiger partial charge in [-0.05, 0) is 25.0 Å². The monoisotopic (exact) mass is 243 g/mol. The van der Waals surface area contributed by atoms with Crippen molar-refractivity contribution in [3.63, 3.8) is 0 Å². The molecule has 2 rings (SSSR count). The van der Waals surface area contributed by atoms with Crippen LogP contribution in [0.5, 0.6) is 0 Å². The van der Waals surface area contributed by atoms with Crippen molar-refractivity contribution in [3.05, 3.63) is 53.1 Å². The van der Waals surface area contributed by atoms with Crippen molar-refractivity contribution >= 4 is 0 Å². The number of hydrogen-bond donors (Lipinski definition) is 1. The van der Waals surface area contributed by atoms with Crippen LogP contribution in [-0.4, -0.2) is 16.1 Å². The molecule has 0 bridgehead atoms. The van der Waals surface area contributed by atoms with Crippen molar-refractivity contribution in [1.29, 1.82) is 0 Å². The maximum atomic E-state index is 4.31. The zero-order valence-electron chi connectivity index (χ0n) is 11.4. The standard InChI is InChI=1S/C15H21N3/c1-12-4-5-14(13(2)10-12)11-16-7-6-15-17-8-9-18(15)3/h4-5,8-10,16H,6-7,11H2,1-3H3. The third-order valence-corrected chi connectivity index (χ3v) is 3.26. The summed E-state index contributed by atoms with van der Waals surface area (Å²) >= 11 is 0. The Labute approximate surface area is 109 Å². The summed E-state index contributed by atoms with van der Waals surface area (Å²) in [7, 11) is 2.03. The maximum Gasteiger partial charge on any atom is 0.109 e. The number of aromatic nitrogens is 2. The van der Waals surface area contributed by atoms with Gasteiger partial charge in [-0.2, -0.15) is 0 Å². The van der Waals surface area contributed by atoms with Crippen LogP contribution >= 0.6 is 0 Å². The average molecular weight is 243 g/mol. The molecule has 0 aliphatic heterocycles. The lowest BCUT2D eigenvalue weighted by Crippen LogP contribution is -2.18. The minimum Gasteiger partial charge on any atom is -0.338 e. The first-order valence-corrected chi connectivity index (χ1v) is 6.40. The molecule has 96 valence electrons. The van der Waals surface area contributed by atoms with Gasteiger partial charge in [0.25, 0.3) is 0 Å². The van der Waals surface area contributed by atoms with Crippen LogP contribution < -0.4 is 5.32 Å². The zero-order valence-corrected chi connectivity index (χ0v) is 11.4. The van der Waals surface area contributed by atoms with E-state index in [2.05, 4.69) is 46.9 Å². The van der Waals surface area contributed by atoms with E-state index in [4.69, 9.17) is 0 Å². The molecule has 1 aromatic heterocycles. The van der Waals surface area contributed by atoms with E-state index < -0.39 is 0 Å². The van der Waals surface area contributed by atoms with E-state index in [0.29, 0.717) is 0 Å². The number of hydrogen-bond acceptors (Lipinski definition) is 2. The summed E-state index contributed by atoms with van der Waals surface area (Å²) in [5, 5.41) is 3.47. The van der Waals surface area contributed by atoms with Gasteiger partial charge in [0.05, 0.1) is 0 Å². The molecular weight excluding hydrogens is 222 g/mol. The Balaban J connectivity index is 1.80. The van der Waals surface area contributed by atoms with E-state index in [9.17, 15) is 0 Å². The maximum absolute atomic E-state index is 4.31. The fraction of sp³-hybridized carbons (Fsp3) is 0.400. The molecule has 3 nitrogen and oxygen atoms in total. The van der Waals surface area contributed by atoms with Gasteiger partial charge in [0.2, 0.25) is 0 Å². The third kappa shape index (κ3) is 3.20. The molecule has 0 amide bonds. The summed E-state index contributed by atoms with van der Waals surface area (Å²) in [6.07, 6.45) is 4.80. The topological polar surface area (TPSA) is 29.9 Å². The van der Waals surface area contributed by atoms with Crippen LogP contribution in [0.15, 0.2) is 30.6 Å². The van der Waals surface area contributed by atoms with E-state index >= 15 is 0 Å². The predicted molar refractivity (Wildman–Crippen MR) is 74.5 cm³/mol. The minimum absolute atomic E-state index is 0.927. The molecule has 0 atom stereocenters. The normalized spacial score (nSPS) is 10.8. The Kier molecular flexibility index (Phi) is 4.15. The highest BCUT2D eigenvalue weighted by Gasteiger charge is 2.00. The summed E-state index contributed by atoms with van der Waals surface area (Å²) in [4.78, 5) is 4.31. The summed E-state index contributed by atoms with van der Waals surface area (Å²) in [6, 6.07) is 6.61. The highest BCUT2D eigenvalue weighted by molar-refractivity contribution is 5.30. The van der Waals surface area contributed by atoms with E-state index in [0.717, 1.165) is 25.3 Å². The highest BCUT2D eigenvalue weighted by atomic mass is 15.0. The lowest BCUT2D eigenvalue weighted by molar-refractivity contribution is 0.653. The van der Waals surface area contributed by atoms with Crippen molar-refractivity contribution in [2.24, 2.45) is 7.05 Å². The van der Waals surface area contributed by atoms with Crippen LogP contribution in [0.4, 0.5) is 0 Å². The Morgan fingerprint density at radius 1 is 1.28 bits per heavy atom. The number of imidazole rings is 1. The van der Waals surface area contributed by atoms with Crippen molar-refractivity contribution in [1.82, 2.24) is 14.9 Å². The van der Waals surface area contributed by atoms with Gasteiger partial charge in [-0.25, -0.2) is 4.98 Å². The van der Waals surface area contributed by atoms with Crippen LogP contribution in [0.3, 0.4) is 0 Å². The van der Waals surface area contributed by atoms with Crippen LogP contribution in [0, 0.1) is 13.8 Å². The second kappa shape index (κ2) is 5.83. The van der Waals surface area contributed by atoms with Gasteiger partial charge >= 0.3 is 0 Å². The second-order valence-electron chi connectivity index (χ2n) is 4.81. The zero-order chi connectivity index (χ0) is 13.0. The number of aryl methyl sites for hydroxylation is 3. The van der Waals surface area contributed by atoms with Crippen LogP contribution in [-0.2, 0) is 20.0 Å². The largest absolute Gasteiger partial charge is 0.338 e. The van der Waals surface area contributed by atoms with Gasteiger partial charge < -0.3 is 9.88 Å². The summed E-state index contributed by atoms with van der Waals surface area (Å²) in [5.41, 5.74) is 4.06. The Bertz CT molecular complexity index is 514. The Morgan fingerprint density at radius 3 is 2.78 bits per heavy atom. The van der Waals surface area contributed by atoms with Gasteiger partial charge in [0, 0.05) is 39.0 Å². The van der Waals surface area contributed by atoms with E-state index in [1.807, 2.05) is 19.4 Å². The molecular formula is C15H21N3. The first kappa shape index (κ1) is 12.8. The molecule has 2 aromatic rings. The quantitative estimate of drug-likeness (QED) is 0.817. The fourth-order valence-corrected chi connectivity index (χ4v) is 2.10. The average Bonchev–Trinajstić information content (AvgIpc) is 2.73. The van der Waals surface area contributed by atoms with E-state index in [1.165, 1.54) is 16.7 Å². The van der Waals surface area contributed by atoms with Crippen LogP contribution in [0.25, 0.3) is 0 Å². The number of nitrogens with zero attached hydrogens (tertiary/aromatic N) is 2. The predicted octanol–water partition coefficient (Wildman–Crippen LogP) is 2.37. The fourth-order valence-electron chi connectivity index (χ4n) is 2.10. The van der Waals surface area contributed by atoms with Crippen molar-refractivity contribution in [2.45, 2.75) is 26.8 Å². The Morgan fingerprint density at radius 2 is 2.11 bits per heavy atom. The molecule has 0 radical (unpaired) electrons. The van der Waals surface area contributed by atoms with Crippen molar-refractivity contribution in [3.8, 4) is 0 Å². The van der Waals surface area contributed by atoms with E-state index in [-0.39, 0.29) is 0 Å². The summed E-state index contributed by atoms with van der Waals surface area (Å²) in [5.74, 6) is 1.13. The molecule has 0 fully saturated rings. The number of nitrogens with one attached hydrogen (secondary N) is 1. The SMILES string of the molecule is Cc1ccc(CNCCc2nccn2C)c(C)c1. The van der Waals surface area contributed by atoms with Gasteiger partial charge in [-0.3, -0.25) is 0 Å². The first-order chi connectivity index (χ1) is 8.66. The van der Waals surface area contributed by atoms with Gasteiger partial charge in [0.15, 0.2) is 0 Å². The molecule has 0 unspecified atom stereocenters.